The van der Waals surface area contributed by atoms with E-state index in [0.29, 0.717) is 19.6 Å². The number of nitrogens with zero attached hydrogens (tertiary/aromatic N) is 4. The van der Waals surface area contributed by atoms with E-state index in [1.54, 1.807) is 22.4 Å². The van der Waals surface area contributed by atoms with E-state index in [1.807, 2.05) is 19.2 Å². The van der Waals surface area contributed by atoms with E-state index < -0.39 is 16.9 Å². The molecule has 9 nitrogen and oxygen atoms in total. The van der Waals surface area contributed by atoms with Crippen molar-refractivity contribution in [1.82, 2.24) is 15.2 Å². The van der Waals surface area contributed by atoms with Crippen molar-refractivity contribution >= 4 is 45.6 Å². The molecule has 2 aromatic rings. The van der Waals surface area contributed by atoms with Crippen LogP contribution in [0.2, 0.25) is 5.02 Å². The highest BCUT2D eigenvalue weighted by Gasteiger charge is 2.31. The predicted molar refractivity (Wildman–Crippen MR) is 120 cm³/mol. The minimum atomic E-state index is -0.731. The van der Waals surface area contributed by atoms with Gasteiger partial charge in [0, 0.05) is 49.9 Å². The van der Waals surface area contributed by atoms with Crippen LogP contribution in [0.3, 0.4) is 0 Å². The number of carbonyl (C=O) groups is 2. The fourth-order valence-electron chi connectivity index (χ4n) is 3.43. The number of thiazole rings is 1. The second-order valence-electron chi connectivity index (χ2n) is 7.60. The summed E-state index contributed by atoms with van der Waals surface area (Å²) in [6, 6.07) is 2.92. The molecule has 0 bridgehead atoms. The number of amides is 2. The maximum absolute atomic E-state index is 13.2. The van der Waals surface area contributed by atoms with Gasteiger partial charge in [-0.15, -0.1) is 11.3 Å². The van der Waals surface area contributed by atoms with Gasteiger partial charge in [-0.05, 0) is 18.4 Å². The number of carbonyl (C=O) groups excluding carboxylic acids is 2. The van der Waals surface area contributed by atoms with Crippen molar-refractivity contribution in [3.05, 3.63) is 50.5 Å². The molecule has 3 rings (SSSR count). The average molecular weight is 466 g/mol. The van der Waals surface area contributed by atoms with Gasteiger partial charge in [-0.1, -0.05) is 25.4 Å². The maximum atomic E-state index is 13.2. The van der Waals surface area contributed by atoms with Crippen LogP contribution in [0.15, 0.2) is 29.8 Å². The van der Waals surface area contributed by atoms with Crippen LogP contribution in [0, 0.1) is 16.0 Å². The number of hydrogen-bond donors (Lipinski definition) is 1. The standard InChI is InChI=1S/C20H24ClN5O4S/c1-13(2)17(23-18(27)15-5-4-14(26(29)30)12-16(15)21)19(28)24-7-3-8-25(10-9-24)20-22-6-11-31-20/h4-6,11-13,17H,3,7-10H2,1-2H3,(H,23,27). The molecule has 31 heavy (non-hydrogen) atoms. The molecule has 1 aliphatic rings. The molecule has 0 aliphatic carbocycles. The van der Waals surface area contributed by atoms with Crippen LogP contribution in [0.4, 0.5) is 10.8 Å². The van der Waals surface area contributed by atoms with Crippen LogP contribution < -0.4 is 10.2 Å². The Morgan fingerprint density at radius 1 is 1.26 bits per heavy atom. The zero-order valence-electron chi connectivity index (χ0n) is 17.3. The summed E-state index contributed by atoms with van der Waals surface area (Å²) in [4.78, 5) is 44.6. The van der Waals surface area contributed by atoms with Gasteiger partial charge in [0.05, 0.1) is 15.5 Å². The molecular formula is C20H24ClN5O4S. The van der Waals surface area contributed by atoms with E-state index in [0.717, 1.165) is 24.2 Å². The van der Waals surface area contributed by atoms with Gasteiger partial charge >= 0.3 is 0 Å². The lowest BCUT2D eigenvalue weighted by Gasteiger charge is -2.29. The Labute approximate surface area is 189 Å². The maximum Gasteiger partial charge on any atom is 0.270 e. The van der Waals surface area contributed by atoms with Gasteiger partial charge in [0.2, 0.25) is 5.91 Å². The number of nitro benzene ring substituents is 1. The number of nitrogens with one attached hydrogen (secondary N) is 1. The largest absolute Gasteiger partial charge is 0.346 e. The smallest absolute Gasteiger partial charge is 0.270 e. The molecular weight excluding hydrogens is 442 g/mol. The number of aromatic nitrogens is 1. The fraction of sp³-hybridized carbons (Fsp3) is 0.450. The van der Waals surface area contributed by atoms with Crippen molar-refractivity contribution in [3.8, 4) is 0 Å². The zero-order chi connectivity index (χ0) is 22.5. The molecule has 1 unspecified atom stereocenters. The van der Waals surface area contributed by atoms with E-state index in [-0.39, 0.29) is 28.1 Å². The Balaban J connectivity index is 1.69. The summed E-state index contributed by atoms with van der Waals surface area (Å²) in [5.74, 6) is -0.833. The van der Waals surface area contributed by atoms with E-state index in [9.17, 15) is 19.7 Å². The van der Waals surface area contributed by atoms with Crippen LogP contribution in [-0.4, -0.2) is 58.8 Å². The van der Waals surface area contributed by atoms with Gasteiger partial charge in [-0.25, -0.2) is 4.98 Å². The summed E-state index contributed by atoms with van der Waals surface area (Å²) in [6.45, 7) is 6.34. The van der Waals surface area contributed by atoms with Gasteiger partial charge in [0.25, 0.3) is 11.6 Å². The molecule has 1 aromatic carbocycles. The number of nitro groups is 1. The third-order valence-electron chi connectivity index (χ3n) is 5.12. The van der Waals surface area contributed by atoms with Crippen LogP contribution in [0.5, 0.6) is 0 Å². The van der Waals surface area contributed by atoms with Crippen LogP contribution in [-0.2, 0) is 4.79 Å². The van der Waals surface area contributed by atoms with Crippen molar-refractivity contribution in [3.63, 3.8) is 0 Å². The minimum Gasteiger partial charge on any atom is -0.346 e. The summed E-state index contributed by atoms with van der Waals surface area (Å²) in [7, 11) is 0. The third kappa shape index (κ3) is 5.50. The minimum absolute atomic E-state index is 0.0319. The molecule has 2 amide bonds. The van der Waals surface area contributed by atoms with Gasteiger partial charge in [0.1, 0.15) is 6.04 Å². The molecule has 1 atom stereocenters. The van der Waals surface area contributed by atoms with E-state index >= 15 is 0 Å². The van der Waals surface area contributed by atoms with Gasteiger partial charge < -0.3 is 15.1 Å². The summed E-state index contributed by atoms with van der Waals surface area (Å²) in [5.41, 5.74) is -0.107. The van der Waals surface area contributed by atoms with Crippen molar-refractivity contribution < 1.29 is 14.5 Å². The molecule has 0 radical (unpaired) electrons. The molecule has 1 aromatic heterocycles. The Morgan fingerprint density at radius 3 is 2.65 bits per heavy atom. The Bertz CT molecular complexity index is 953. The van der Waals surface area contributed by atoms with Gasteiger partial charge in [-0.3, -0.25) is 19.7 Å². The van der Waals surface area contributed by atoms with E-state index in [4.69, 9.17) is 11.6 Å². The van der Waals surface area contributed by atoms with Gasteiger partial charge in [0.15, 0.2) is 5.13 Å². The molecule has 0 saturated carbocycles. The highest BCUT2D eigenvalue weighted by Crippen LogP contribution is 2.23. The summed E-state index contributed by atoms with van der Waals surface area (Å²) in [5, 5.41) is 16.5. The number of rotatable bonds is 6. The summed E-state index contributed by atoms with van der Waals surface area (Å²) < 4.78 is 0. The Morgan fingerprint density at radius 2 is 2.03 bits per heavy atom. The number of hydrogen-bond acceptors (Lipinski definition) is 7. The average Bonchev–Trinajstić information content (AvgIpc) is 3.15. The lowest BCUT2D eigenvalue weighted by molar-refractivity contribution is -0.384. The monoisotopic (exact) mass is 465 g/mol. The molecule has 1 saturated heterocycles. The molecule has 1 fully saturated rings. The topological polar surface area (TPSA) is 109 Å². The number of benzene rings is 1. The summed E-state index contributed by atoms with van der Waals surface area (Å²) >= 11 is 7.64. The number of halogens is 1. The summed E-state index contributed by atoms with van der Waals surface area (Å²) in [6.07, 6.45) is 2.57. The van der Waals surface area contributed by atoms with Crippen molar-refractivity contribution in [2.45, 2.75) is 26.3 Å². The van der Waals surface area contributed by atoms with E-state index in [1.165, 1.54) is 12.1 Å². The second-order valence-corrected chi connectivity index (χ2v) is 8.88. The van der Waals surface area contributed by atoms with Crippen LogP contribution >= 0.6 is 22.9 Å². The normalized spacial score (nSPS) is 15.5. The first kappa shape index (κ1) is 23.0. The number of non-ortho nitro benzene ring substituents is 1. The molecule has 1 N–H and O–H groups in total. The predicted octanol–water partition coefficient (Wildman–Crippen LogP) is 3.20. The van der Waals surface area contributed by atoms with Crippen molar-refractivity contribution in [1.29, 1.82) is 0 Å². The molecule has 1 aliphatic heterocycles. The first-order valence-electron chi connectivity index (χ1n) is 9.96. The zero-order valence-corrected chi connectivity index (χ0v) is 18.9. The second kappa shape index (κ2) is 10.1. The quantitative estimate of drug-likeness (QED) is 0.518. The third-order valence-corrected chi connectivity index (χ3v) is 6.27. The first-order valence-corrected chi connectivity index (χ1v) is 11.2. The van der Waals surface area contributed by atoms with Crippen LogP contribution in [0.25, 0.3) is 0 Å². The Kier molecular flexibility index (Phi) is 7.45. The van der Waals surface area contributed by atoms with Crippen LogP contribution in [0.1, 0.15) is 30.6 Å². The fourth-order valence-corrected chi connectivity index (χ4v) is 4.39. The molecule has 0 spiro atoms. The highest BCUT2D eigenvalue weighted by atomic mass is 35.5. The molecule has 11 heteroatoms. The molecule has 166 valence electrons. The van der Waals surface area contributed by atoms with Crippen molar-refractivity contribution in [2.24, 2.45) is 5.92 Å². The lowest BCUT2D eigenvalue weighted by Crippen LogP contribution is -2.52. The first-order chi connectivity index (χ1) is 14.8. The lowest BCUT2D eigenvalue weighted by atomic mass is 10.0. The van der Waals surface area contributed by atoms with Crippen molar-refractivity contribution in [2.75, 3.05) is 31.1 Å². The number of anilines is 1. The van der Waals surface area contributed by atoms with E-state index in [2.05, 4.69) is 15.2 Å². The van der Waals surface area contributed by atoms with Gasteiger partial charge in [-0.2, -0.15) is 0 Å². The molecule has 2 heterocycles. The highest BCUT2D eigenvalue weighted by molar-refractivity contribution is 7.13. The Hall–Kier alpha value is -2.72. The SMILES string of the molecule is CC(C)C(NC(=O)c1ccc([N+](=O)[O-])cc1Cl)C(=O)N1CCCN(c2nccs2)CC1.